The van der Waals surface area contributed by atoms with E-state index in [-0.39, 0.29) is 17.9 Å². The van der Waals surface area contributed by atoms with Gasteiger partial charge < -0.3 is 10.6 Å². The van der Waals surface area contributed by atoms with E-state index in [1.54, 1.807) is 29.9 Å². The van der Waals surface area contributed by atoms with Crippen molar-refractivity contribution in [2.45, 2.75) is 33.2 Å². The highest BCUT2D eigenvalue weighted by Gasteiger charge is 2.09. The number of aromatic nitrogens is 2. The number of rotatable bonds is 6. The summed E-state index contributed by atoms with van der Waals surface area (Å²) in [5, 5.41) is 10.3. The molecule has 0 radical (unpaired) electrons. The van der Waals surface area contributed by atoms with Gasteiger partial charge in [-0.05, 0) is 44.5 Å². The summed E-state index contributed by atoms with van der Waals surface area (Å²) in [5.41, 5.74) is 3.01. The maximum Gasteiger partial charge on any atom is 0.248 e. The van der Waals surface area contributed by atoms with Crippen LogP contribution in [-0.4, -0.2) is 27.6 Å². The highest BCUT2D eigenvalue weighted by atomic mass is 35.5. The molecule has 0 saturated carbocycles. The lowest BCUT2D eigenvalue weighted by Gasteiger charge is -2.08. The second-order valence-corrected chi connectivity index (χ2v) is 6.69. The van der Waals surface area contributed by atoms with Crippen LogP contribution in [0, 0.1) is 6.92 Å². The molecule has 0 unspecified atom stereocenters. The molecule has 0 saturated heterocycles. The van der Waals surface area contributed by atoms with Crippen molar-refractivity contribution in [1.82, 2.24) is 15.1 Å². The fourth-order valence-electron chi connectivity index (χ4n) is 2.44. The summed E-state index contributed by atoms with van der Waals surface area (Å²) in [4.78, 5) is 23.8. The second-order valence-electron chi connectivity index (χ2n) is 6.33. The molecule has 2 N–H and O–H groups in total. The first-order valence-corrected chi connectivity index (χ1v) is 8.70. The van der Waals surface area contributed by atoms with Crippen molar-refractivity contribution in [2.75, 3.05) is 5.32 Å². The number of amides is 2. The number of nitrogens with one attached hydrogen (secondary N) is 2. The summed E-state index contributed by atoms with van der Waals surface area (Å²) < 4.78 is 1.56. The number of nitrogens with zero attached hydrogens (tertiary/aromatic N) is 2. The van der Waals surface area contributed by atoms with Crippen molar-refractivity contribution in [2.24, 2.45) is 7.05 Å². The van der Waals surface area contributed by atoms with Crippen molar-refractivity contribution in [3.8, 4) is 0 Å². The highest BCUT2D eigenvalue weighted by molar-refractivity contribution is 6.31. The van der Waals surface area contributed by atoms with Gasteiger partial charge in [0.05, 0.1) is 12.1 Å². The van der Waals surface area contributed by atoms with E-state index in [1.807, 2.05) is 32.9 Å². The Labute approximate surface area is 158 Å². The molecule has 2 amide bonds. The summed E-state index contributed by atoms with van der Waals surface area (Å²) >= 11 is 6.13. The zero-order chi connectivity index (χ0) is 19.3. The van der Waals surface area contributed by atoms with Crippen molar-refractivity contribution in [1.29, 1.82) is 0 Å². The van der Waals surface area contributed by atoms with E-state index in [2.05, 4.69) is 15.7 Å². The van der Waals surface area contributed by atoms with E-state index in [0.717, 1.165) is 16.8 Å². The number of hydrogen-bond donors (Lipinski definition) is 2. The second kappa shape index (κ2) is 8.67. The van der Waals surface area contributed by atoms with Crippen molar-refractivity contribution < 1.29 is 9.59 Å². The first kappa shape index (κ1) is 19.7. The number of carbonyl (C=O) groups excluding carboxylic acids is 2. The quantitative estimate of drug-likeness (QED) is 0.763. The molecule has 1 aromatic carbocycles. The summed E-state index contributed by atoms with van der Waals surface area (Å²) in [5.74, 6) is -0.293. The Hall–Kier alpha value is -2.60. The SMILES string of the molecule is Cc1nn(C)c(Cl)c1/C=C/C(=O)Nc1ccc(CC(=O)NC(C)C)cc1. The van der Waals surface area contributed by atoms with Gasteiger partial charge in [0.25, 0.3) is 0 Å². The van der Waals surface area contributed by atoms with E-state index in [1.165, 1.54) is 6.08 Å². The molecule has 0 aliphatic rings. The predicted octanol–water partition coefficient (Wildman–Crippen LogP) is 3.10. The maximum atomic E-state index is 12.1. The Bertz CT molecular complexity index is 823. The molecular formula is C19H23ClN4O2. The molecule has 1 heterocycles. The monoisotopic (exact) mass is 374 g/mol. The topological polar surface area (TPSA) is 76.0 Å². The zero-order valence-electron chi connectivity index (χ0n) is 15.3. The van der Waals surface area contributed by atoms with Crippen LogP contribution in [0.4, 0.5) is 5.69 Å². The van der Waals surface area contributed by atoms with Crippen LogP contribution in [0.15, 0.2) is 30.3 Å². The standard InChI is InChI=1S/C19H23ClN4O2/c1-12(2)21-18(26)11-14-5-7-15(8-6-14)22-17(25)10-9-16-13(3)23-24(4)19(16)20/h5-10,12H,11H2,1-4H3,(H,21,26)(H,22,25)/b10-9+. The lowest BCUT2D eigenvalue weighted by Crippen LogP contribution is -2.31. The van der Waals surface area contributed by atoms with Crippen molar-refractivity contribution in [3.63, 3.8) is 0 Å². The third-order valence-electron chi connectivity index (χ3n) is 3.63. The summed E-state index contributed by atoms with van der Waals surface area (Å²) in [7, 11) is 1.75. The van der Waals surface area contributed by atoms with Crippen LogP contribution in [-0.2, 0) is 23.1 Å². The number of hydrogen-bond acceptors (Lipinski definition) is 3. The first-order chi connectivity index (χ1) is 12.3. The molecule has 0 aliphatic carbocycles. The van der Waals surface area contributed by atoms with Gasteiger partial charge in [-0.2, -0.15) is 5.10 Å². The Balaban J connectivity index is 1.95. The molecule has 26 heavy (non-hydrogen) atoms. The smallest absolute Gasteiger partial charge is 0.248 e. The molecule has 0 spiro atoms. The molecule has 2 aromatic rings. The number of carbonyl (C=O) groups is 2. The molecule has 0 atom stereocenters. The number of benzene rings is 1. The lowest BCUT2D eigenvalue weighted by atomic mass is 10.1. The minimum atomic E-state index is -0.269. The van der Waals surface area contributed by atoms with Crippen LogP contribution < -0.4 is 10.6 Å². The first-order valence-electron chi connectivity index (χ1n) is 8.32. The largest absolute Gasteiger partial charge is 0.354 e. The Morgan fingerprint density at radius 3 is 2.46 bits per heavy atom. The minimum absolute atomic E-state index is 0.0246. The third-order valence-corrected chi connectivity index (χ3v) is 4.08. The van der Waals surface area contributed by atoms with Gasteiger partial charge in [-0.15, -0.1) is 0 Å². The van der Waals surface area contributed by atoms with E-state index >= 15 is 0 Å². The molecule has 0 aliphatic heterocycles. The maximum absolute atomic E-state index is 12.1. The molecule has 7 heteroatoms. The molecular weight excluding hydrogens is 352 g/mol. The van der Waals surface area contributed by atoms with Crippen LogP contribution in [0.1, 0.15) is 30.7 Å². The zero-order valence-corrected chi connectivity index (χ0v) is 16.1. The number of anilines is 1. The average Bonchev–Trinajstić information content (AvgIpc) is 2.79. The summed E-state index contributed by atoms with van der Waals surface area (Å²) in [6.45, 7) is 5.67. The summed E-state index contributed by atoms with van der Waals surface area (Å²) in [6.07, 6.45) is 3.37. The van der Waals surface area contributed by atoms with E-state index in [0.29, 0.717) is 17.3 Å². The summed E-state index contributed by atoms with van der Waals surface area (Å²) in [6, 6.07) is 7.30. The van der Waals surface area contributed by atoms with Gasteiger partial charge in [-0.25, -0.2) is 0 Å². The van der Waals surface area contributed by atoms with Crippen molar-refractivity contribution >= 4 is 35.2 Å². The highest BCUT2D eigenvalue weighted by Crippen LogP contribution is 2.20. The van der Waals surface area contributed by atoms with E-state index in [4.69, 9.17) is 11.6 Å². The number of aryl methyl sites for hydroxylation is 2. The molecule has 6 nitrogen and oxygen atoms in total. The van der Waals surface area contributed by atoms with Gasteiger partial charge in [0.15, 0.2) is 0 Å². The van der Waals surface area contributed by atoms with Crippen LogP contribution in [0.5, 0.6) is 0 Å². The van der Waals surface area contributed by atoms with Gasteiger partial charge in [0, 0.05) is 30.4 Å². The lowest BCUT2D eigenvalue weighted by molar-refractivity contribution is -0.121. The van der Waals surface area contributed by atoms with Crippen LogP contribution >= 0.6 is 11.6 Å². The van der Waals surface area contributed by atoms with E-state index < -0.39 is 0 Å². The molecule has 0 bridgehead atoms. The van der Waals surface area contributed by atoms with Gasteiger partial charge in [-0.3, -0.25) is 14.3 Å². The molecule has 1 aromatic heterocycles. The Morgan fingerprint density at radius 2 is 1.92 bits per heavy atom. The Kier molecular flexibility index (Phi) is 6.58. The Morgan fingerprint density at radius 1 is 1.27 bits per heavy atom. The van der Waals surface area contributed by atoms with Crippen molar-refractivity contribution in [3.05, 3.63) is 52.3 Å². The van der Waals surface area contributed by atoms with Crippen LogP contribution in [0.3, 0.4) is 0 Å². The van der Waals surface area contributed by atoms with Gasteiger partial charge in [-0.1, -0.05) is 23.7 Å². The van der Waals surface area contributed by atoms with Gasteiger partial charge >= 0.3 is 0 Å². The normalized spacial score (nSPS) is 11.2. The fourth-order valence-corrected chi connectivity index (χ4v) is 2.68. The van der Waals surface area contributed by atoms with Crippen LogP contribution in [0.2, 0.25) is 5.15 Å². The van der Waals surface area contributed by atoms with Gasteiger partial charge in [0.2, 0.25) is 11.8 Å². The van der Waals surface area contributed by atoms with E-state index in [9.17, 15) is 9.59 Å². The molecule has 138 valence electrons. The third kappa shape index (κ3) is 5.46. The molecule has 0 fully saturated rings. The predicted molar refractivity (Wildman–Crippen MR) is 104 cm³/mol. The number of halogens is 1. The molecule has 2 rings (SSSR count). The average molecular weight is 375 g/mol. The van der Waals surface area contributed by atoms with Crippen LogP contribution in [0.25, 0.3) is 6.08 Å². The van der Waals surface area contributed by atoms with Gasteiger partial charge in [0.1, 0.15) is 5.15 Å². The fraction of sp³-hybridized carbons (Fsp3) is 0.316. The minimum Gasteiger partial charge on any atom is -0.354 e.